The number of anilines is 1. The molecule has 0 aliphatic carbocycles. The van der Waals surface area contributed by atoms with Gasteiger partial charge in [0.25, 0.3) is 0 Å². The summed E-state index contributed by atoms with van der Waals surface area (Å²) in [5.74, 6) is -0.904. The SMILES string of the molecule is Nc1cc(C(=O)c2cncc(F)c2)ccc1Cl. The molecule has 0 saturated carbocycles. The minimum Gasteiger partial charge on any atom is -0.398 e. The molecule has 17 heavy (non-hydrogen) atoms. The first-order chi connectivity index (χ1) is 8.08. The largest absolute Gasteiger partial charge is 0.398 e. The second-order valence-electron chi connectivity index (χ2n) is 3.46. The van der Waals surface area contributed by atoms with Crippen molar-refractivity contribution in [2.75, 3.05) is 5.73 Å². The van der Waals surface area contributed by atoms with Crippen molar-refractivity contribution < 1.29 is 9.18 Å². The van der Waals surface area contributed by atoms with Crippen LogP contribution in [0.3, 0.4) is 0 Å². The van der Waals surface area contributed by atoms with Crippen LogP contribution in [0.2, 0.25) is 5.02 Å². The Labute approximate surface area is 102 Å². The first-order valence-corrected chi connectivity index (χ1v) is 5.16. The summed E-state index contributed by atoms with van der Waals surface area (Å²) < 4.78 is 12.9. The van der Waals surface area contributed by atoms with E-state index in [0.29, 0.717) is 16.3 Å². The Bertz CT molecular complexity index is 586. The van der Waals surface area contributed by atoms with Crippen molar-refractivity contribution in [1.82, 2.24) is 4.98 Å². The highest BCUT2D eigenvalue weighted by Crippen LogP contribution is 2.21. The van der Waals surface area contributed by atoms with Crippen molar-refractivity contribution in [2.24, 2.45) is 0 Å². The van der Waals surface area contributed by atoms with Crippen molar-refractivity contribution in [2.45, 2.75) is 0 Å². The van der Waals surface area contributed by atoms with Crippen LogP contribution in [-0.4, -0.2) is 10.8 Å². The predicted octanol–water partition coefficient (Wildman–Crippen LogP) is 2.69. The van der Waals surface area contributed by atoms with Gasteiger partial charge in [0, 0.05) is 17.3 Å². The summed E-state index contributed by atoms with van der Waals surface area (Å²) in [5, 5.41) is 0.374. The van der Waals surface area contributed by atoms with Crippen LogP contribution in [-0.2, 0) is 0 Å². The van der Waals surface area contributed by atoms with Crippen molar-refractivity contribution in [3.63, 3.8) is 0 Å². The summed E-state index contributed by atoms with van der Waals surface area (Å²) in [6.45, 7) is 0. The van der Waals surface area contributed by atoms with Gasteiger partial charge in [-0.25, -0.2) is 4.39 Å². The maximum Gasteiger partial charge on any atom is 0.194 e. The molecule has 0 aliphatic rings. The normalized spacial score (nSPS) is 10.2. The molecule has 2 aromatic rings. The minimum absolute atomic E-state index is 0.173. The van der Waals surface area contributed by atoms with Gasteiger partial charge in [-0.1, -0.05) is 11.6 Å². The molecule has 0 atom stereocenters. The van der Waals surface area contributed by atoms with E-state index in [2.05, 4.69) is 4.98 Å². The molecule has 86 valence electrons. The van der Waals surface area contributed by atoms with Gasteiger partial charge < -0.3 is 5.73 Å². The topological polar surface area (TPSA) is 56.0 Å². The fourth-order valence-corrected chi connectivity index (χ4v) is 1.51. The van der Waals surface area contributed by atoms with Crippen LogP contribution in [0.25, 0.3) is 0 Å². The zero-order valence-corrected chi connectivity index (χ0v) is 9.41. The lowest BCUT2D eigenvalue weighted by Gasteiger charge is -2.03. The lowest BCUT2D eigenvalue weighted by atomic mass is 10.0. The highest BCUT2D eigenvalue weighted by molar-refractivity contribution is 6.33. The molecule has 1 aromatic heterocycles. The molecule has 3 nitrogen and oxygen atoms in total. The van der Waals surface area contributed by atoms with E-state index < -0.39 is 5.82 Å². The smallest absolute Gasteiger partial charge is 0.194 e. The molecule has 0 amide bonds. The average Bonchev–Trinajstić information content (AvgIpc) is 2.32. The number of carbonyl (C=O) groups excluding carboxylic acids is 1. The van der Waals surface area contributed by atoms with Crippen LogP contribution < -0.4 is 5.73 Å². The molecule has 0 radical (unpaired) electrons. The lowest BCUT2D eigenvalue weighted by Crippen LogP contribution is -2.03. The number of nitrogen functional groups attached to an aromatic ring is 1. The van der Waals surface area contributed by atoms with Gasteiger partial charge in [0.1, 0.15) is 5.82 Å². The molecular weight excluding hydrogens is 243 g/mol. The average molecular weight is 251 g/mol. The number of halogens is 2. The molecule has 1 aromatic carbocycles. The van der Waals surface area contributed by atoms with Crippen molar-refractivity contribution >= 4 is 23.1 Å². The zero-order chi connectivity index (χ0) is 12.4. The molecule has 0 bridgehead atoms. The van der Waals surface area contributed by atoms with Gasteiger partial charge in [0.05, 0.1) is 16.9 Å². The summed E-state index contributed by atoms with van der Waals surface area (Å²) in [5.41, 5.74) is 6.42. The van der Waals surface area contributed by atoms with Gasteiger partial charge >= 0.3 is 0 Å². The molecule has 2 N–H and O–H groups in total. The van der Waals surface area contributed by atoms with Crippen LogP contribution in [0.15, 0.2) is 36.7 Å². The fraction of sp³-hybridized carbons (Fsp3) is 0. The second kappa shape index (κ2) is 4.51. The van der Waals surface area contributed by atoms with E-state index in [1.165, 1.54) is 24.4 Å². The van der Waals surface area contributed by atoms with Gasteiger partial charge in [-0.2, -0.15) is 0 Å². The van der Waals surface area contributed by atoms with Gasteiger partial charge in [-0.05, 0) is 24.3 Å². The number of ketones is 1. The van der Waals surface area contributed by atoms with Crippen LogP contribution >= 0.6 is 11.6 Å². The van der Waals surface area contributed by atoms with E-state index in [4.69, 9.17) is 17.3 Å². The van der Waals surface area contributed by atoms with Crippen LogP contribution in [0, 0.1) is 5.82 Å². The van der Waals surface area contributed by atoms with Crippen molar-refractivity contribution in [3.8, 4) is 0 Å². The third-order valence-corrected chi connectivity index (χ3v) is 2.57. The molecule has 1 heterocycles. The number of aromatic nitrogens is 1. The number of carbonyl (C=O) groups is 1. The van der Waals surface area contributed by atoms with E-state index in [9.17, 15) is 9.18 Å². The molecule has 0 aliphatic heterocycles. The number of hydrogen-bond donors (Lipinski definition) is 1. The summed E-state index contributed by atoms with van der Waals surface area (Å²) in [4.78, 5) is 15.6. The molecule has 0 spiro atoms. The van der Waals surface area contributed by atoms with Crippen LogP contribution in [0.5, 0.6) is 0 Å². The van der Waals surface area contributed by atoms with Crippen molar-refractivity contribution in [3.05, 3.63) is 58.6 Å². The van der Waals surface area contributed by atoms with Gasteiger partial charge in [0.15, 0.2) is 5.78 Å². The number of nitrogens with zero attached hydrogens (tertiary/aromatic N) is 1. The molecular formula is C12H8ClFN2O. The van der Waals surface area contributed by atoms with Gasteiger partial charge in [-0.3, -0.25) is 9.78 Å². The Morgan fingerprint density at radius 2 is 2.00 bits per heavy atom. The maximum atomic E-state index is 12.9. The molecule has 2 rings (SSSR count). The summed E-state index contributed by atoms with van der Waals surface area (Å²) in [6, 6.07) is 5.64. The Morgan fingerprint density at radius 3 is 2.65 bits per heavy atom. The van der Waals surface area contributed by atoms with E-state index in [0.717, 1.165) is 12.3 Å². The predicted molar refractivity (Wildman–Crippen MR) is 63.5 cm³/mol. The minimum atomic E-state index is -0.558. The zero-order valence-electron chi connectivity index (χ0n) is 8.65. The number of nitrogens with two attached hydrogens (primary N) is 1. The summed E-state index contributed by atoms with van der Waals surface area (Å²) >= 11 is 5.75. The Hall–Kier alpha value is -1.94. The standard InChI is InChI=1S/C12H8ClFN2O/c13-10-2-1-7(4-11(10)15)12(17)8-3-9(14)6-16-5-8/h1-6H,15H2. The van der Waals surface area contributed by atoms with Crippen LogP contribution in [0.4, 0.5) is 10.1 Å². The summed E-state index contributed by atoms with van der Waals surface area (Å²) in [6.07, 6.45) is 2.34. The number of hydrogen-bond acceptors (Lipinski definition) is 3. The Kier molecular flexibility index (Phi) is 3.06. The number of benzene rings is 1. The second-order valence-corrected chi connectivity index (χ2v) is 3.86. The monoisotopic (exact) mass is 250 g/mol. The van der Waals surface area contributed by atoms with Crippen molar-refractivity contribution in [1.29, 1.82) is 0 Å². The lowest BCUT2D eigenvalue weighted by molar-refractivity contribution is 0.103. The van der Waals surface area contributed by atoms with Gasteiger partial charge in [0.2, 0.25) is 0 Å². The van der Waals surface area contributed by atoms with E-state index >= 15 is 0 Å². The summed E-state index contributed by atoms with van der Waals surface area (Å²) in [7, 11) is 0. The molecule has 0 saturated heterocycles. The third kappa shape index (κ3) is 2.42. The van der Waals surface area contributed by atoms with E-state index in [-0.39, 0.29) is 11.3 Å². The maximum absolute atomic E-state index is 12.9. The fourth-order valence-electron chi connectivity index (χ4n) is 1.39. The highest BCUT2D eigenvalue weighted by Gasteiger charge is 2.11. The quantitative estimate of drug-likeness (QED) is 0.659. The highest BCUT2D eigenvalue weighted by atomic mass is 35.5. The van der Waals surface area contributed by atoms with Crippen LogP contribution in [0.1, 0.15) is 15.9 Å². The number of pyridine rings is 1. The molecule has 5 heteroatoms. The Balaban J connectivity index is 2.40. The molecule has 0 fully saturated rings. The third-order valence-electron chi connectivity index (χ3n) is 2.23. The Morgan fingerprint density at radius 1 is 1.24 bits per heavy atom. The number of rotatable bonds is 2. The van der Waals surface area contributed by atoms with E-state index in [1.807, 2.05) is 0 Å². The first-order valence-electron chi connectivity index (χ1n) is 4.78. The first kappa shape index (κ1) is 11.5. The van der Waals surface area contributed by atoms with Gasteiger partial charge in [-0.15, -0.1) is 0 Å². The van der Waals surface area contributed by atoms with E-state index in [1.54, 1.807) is 0 Å². The molecule has 0 unspecified atom stereocenters.